The van der Waals surface area contributed by atoms with Gasteiger partial charge in [-0.25, -0.2) is 26.7 Å². The van der Waals surface area contributed by atoms with Crippen LogP contribution in [0.5, 0.6) is 0 Å². The second-order valence-electron chi connectivity index (χ2n) is 7.81. The summed E-state index contributed by atoms with van der Waals surface area (Å²) in [4.78, 5) is 12.4. The summed E-state index contributed by atoms with van der Waals surface area (Å²) < 4.78 is 57.0. The van der Waals surface area contributed by atoms with Gasteiger partial charge in [0.2, 0.25) is 10.0 Å². The van der Waals surface area contributed by atoms with Gasteiger partial charge < -0.3 is 0 Å². The van der Waals surface area contributed by atoms with Crippen molar-refractivity contribution < 1.29 is 17.2 Å². The van der Waals surface area contributed by atoms with E-state index in [0.717, 1.165) is 17.7 Å². The molecule has 0 N–H and O–H groups in total. The van der Waals surface area contributed by atoms with E-state index in [4.69, 9.17) is 0 Å². The van der Waals surface area contributed by atoms with Gasteiger partial charge >= 0.3 is 5.69 Å². The fourth-order valence-corrected chi connectivity index (χ4v) is 5.61. The lowest BCUT2D eigenvalue weighted by Gasteiger charge is -2.30. The third kappa shape index (κ3) is 4.37. The Hall–Kier alpha value is -2.85. The Balaban J connectivity index is 1.53. The predicted octanol–water partition coefficient (Wildman–Crippen LogP) is 2.96. The van der Waals surface area contributed by atoms with Gasteiger partial charge in [0.15, 0.2) is 0 Å². The van der Waals surface area contributed by atoms with Crippen molar-refractivity contribution in [1.29, 1.82) is 0 Å². The number of benzene rings is 2. The third-order valence-corrected chi connectivity index (χ3v) is 7.61. The van der Waals surface area contributed by atoms with Gasteiger partial charge in [-0.05, 0) is 37.5 Å². The van der Waals surface area contributed by atoms with Gasteiger partial charge in [-0.3, -0.25) is 4.57 Å². The number of hydrogen-bond donors (Lipinski definition) is 0. The van der Waals surface area contributed by atoms with E-state index in [1.54, 1.807) is 4.57 Å². The summed E-state index contributed by atoms with van der Waals surface area (Å²) in [6.07, 6.45) is 0.914. The van der Waals surface area contributed by atoms with Gasteiger partial charge in [0.1, 0.15) is 17.5 Å². The maximum absolute atomic E-state index is 13.5. The van der Waals surface area contributed by atoms with Gasteiger partial charge in [0.25, 0.3) is 0 Å². The van der Waals surface area contributed by atoms with E-state index >= 15 is 0 Å². The fraction of sp³-hybridized carbons (Fsp3) is 0.364. The molecule has 10 heteroatoms. The first-order valence-corrected chi connectivity index (χ1v) is 11.9. The van der Waals surface area contributed by atoms with Crippen LogP contribution >= 0.6 is 0 Å². The highest BCUT2D eigenvalue weighted by molar-refractivity contribution is 7.89. The van der Waals surface area contributed by atoms with Crippen LogP contribution in [0.4, 0.5) is 8.78 Å². The molecule has 3 aromatic rings. The smallest absolute Gasteiger partial charge is 0.279 e. The zero-order chi connectivity index (χ0) is 22.9. The van der Waals surface area contributed by atoms with Crippen molar-refractivity contribution in [3.63, 3.8) is 0 Å². The molecule has 0 radical (unpaired) electrons. The Labute approximate surface area is 185 Å². The highest BCUT2D eigenvalue weighted by Gasteiger charge is 2.33. The third-order valence-electron chi connectivity index (χ3n) is 5.74. The van der Waals surface area contributed by atoms with Crippen LogP contribution in [0.1, 0.15) is 37.1 Å². The molecule has 1 aliphatic heterocycles. The second-order valence-corrected chi connectivity index (χ2v) is 9.75. The van der Waals surface area contributed by atoms with Crippen molar-refractivity contribution in [3.05, 3.63) is 82.0 Å². The SMILES string of the molecule is CCn1c(C2CCN(S(=O)(=O)c3cc(F)cc(F)c3)CC2)nn(Cc2ccccc2)c1=O. The van der Waals surface area contributed by atoms with Crippen molar-refractivity contribution >= 4 is 10.0 Å². The lowest BCUT2D eigenvalue weighted by Crippen LogP contribution is -2.38. The molecule has 0 amide bonds. The number of sulfonamides is 1. The maximum atomic E-state index is 13.5. The normalized spacial score (nSPS) is 15.8. The molecule has 170 valence electrons. The number of piperidine rings is 1. The molecule has 4 rings (SSSR count). The molecular weight excluding hydrogens is 438 g/mol. The predicted molar refractivity (Wildman–Crippen MR) is 115 cm³/mol. The lowest BCUT2D eigenvalue weighted by molar-refractivity contribution is 0.308. The van der Waals surface area contributed by atoms with Crippen molar-refractivity contribution in [2.45, 2.75) is 43.7 Å². The molecule has 1 fully saturated rings. The molecule has 0 spiro atoms. The molecule has 1 aliphatic rings. The number of halogens is 2. The summed E-state index contributed by atoms with van der Waals surface area (Å²) in [5.74, 6) is -1.32. The van der Waals surface area contributed by atoms with Crippen molar-refractivity contribution in [1.82, 2.24) is 18.7 Å². The Morgan fingerprint density at radius 3 is 2.25 bits per heavy atom. The lowest BCUT2D eigenvalue weighted by atomic mass is 9.97. The van der Waals surface area contributed by atoms with Crippen LogP contribution < -0.4 is 5.69 Å². The molecule has 1 aromatic heterocycles. The van der Waals surface area contributed by atoms with Crippen molar-refractivity contribution in [3.8, 4) is 0 Å². The summed E-state index contributed by atoms with van der Waals surface area (Å²) in [5, 5.41) is 4.57. The summed E-state index contributed by atoms with van der Waals surface area (Å²) in [5.41, 5.74) is 0.766. The fourth-order valence-electron chi connectivity index (χ4n) is 4.10. The van der Waals surface area contributed by atoms with Crippen LogP contribution in [-0.4, -0.2) is 40.2 Å². The van der Waals surface area contributed by atoms with Crippen molar-refractivity contribution in [2.24, 2.45) is 0 Å². The van der Waals surface area contributed by atoms with E-state index in [1.165, 1.54) is 8.99 Å². The quantitative estimate of drug-likeness (QED) is 0.564. The second kappa shape index (κ2) is 8.95. The van der Waals surface area contributed by atoms with Crippen LogP contribution in [0.15, 0.2) is 58.2 Å². The van der Waals surface area contributed by atoms with Crippen LogP contribution in [0, 0.1) is 11.6 Å². The Morgan fingerprint density at radius 1 is 1.03 bits per heavy atom. The van der Waals surface area contributed by atoms with Crippen LogP contribution in [-0.2, 0) is 23.1 Å². The number of aromatic nitrogens is 3. The van der Waals surface area contributed by atoms with Gasteiger partial charge in [-0.1, -0.05) is 30.3 Å². The highest BCUT2D eigenvalue weighted by Crippen LogP contribution is 2.30. The molecule has 0 aliphatic carbocycles. The molecule has 2 heterocycles. The maximum Gasteiger partial charge on any atom is 0.346 e. The van der Waals surface area contributed by atoms with Crippen LogP contribution in [0.2, 0.25) is 0 Å². The van der Waals surface area contributed by atoms with E-state index in [1.807, 2.05) is 37.3 Å². The van der Waals surface area contributed by atoms with Gasteiger partial charge in [0, 0.05) is 31.6 Å². The molecule has 32 heavy (non-hydrogen) atoms. The molecule has 2 aromatic carbocycles. The summed E-state index contributed by atoms with van der Waals surface area (Å²) >= 11 is 0. The molecule has 0 atom stereocenters. The van der Waals surface area contributed by atoms with Crippen molar-refractivity contribution in [2.75, 3.05) is 13.1 Å². The average molecular weight is 463 g/mol. The zero-order valence-corrected chi connectivity index (χ0v) is 18.4. The van der Waals surface area contributed by atoms with Gasteiger partial charge in [-0.2, -0.15) is 9.40 Å². The number of nitrogens with zero attached hydrogens (tertiary/aromatic N) is 4. The first kappa shape index (κ1) is 22.3. The molecule has 1 saturated heterocycles. The zero-order valence-electron chi connectivity index (χ0n) is 17.6. The van der Waals surface area contributed by atoms with Crippen LogP contribution in [0.3, 0.4) is 0 Å². The van der Waals surface area contributed by atoms with Crippen LogP contribution in [0.25, 0.3) is 0 Å². The minimum absolute atomic E-state index is 0.0876. The van der Waals surface area contributed by atoms with Gasteiger partial charge in [-0.15, -0.1) is 0 Å². The van der Waals surface area contributed by atoms with E-state index < -0.39 is 26.6 Å². The van der Waals surface area contributed by atoms with E-state index in [0.29, 0.717) is 37.8 Å². The highest BCUT2D eigenvalue weighted by atomic mass is 32.2. The topological polar surface area (TPSA) is 77.2 Å². The largest absolute Gasteiger partial charge is 0.346 e. The number of rotatable bonds is 6. The first-order valence-electron chi connectivity index (χ1n) is 10.5. The molecule has 0 bridgehead atoms. The monoisotopic (exact) mass is 462 g/mol. The Bertz CT molecular complexity index is 1240. The molecule has 0 unspecified atom stereocenters. The average Bonchev–Trinajstić information content (AvgIpc) is 3.09. The molecule has 7 nitrogen and oxygen atoms in total. The summed E-state index contributed by atoms with van der Waals surface area (Å²) in [6, 6.07) is 11.8. The molecular formula is C22H24F2N4O3S. The van der Waals surface area contributed by atoms with E-state index in [2.05, 4.69) is 5.10 Å². The van der Waals surface area contributed by atoms with Gasteiger partial charge in [0.05, 0.1) is 11.4 Å². The van der Waals surface area contributed by atoms with E-state index in [-0.39, 0.29) is 24.7 Å². The first-order chi connectivity index (χ1) is 15.3. The minimum atomic E-state index is -4.01. The number of hydrogen-bond acceptors (Lipinski definition) is 4. The Morgan fingerprint density at radius 2 is 1.66 bits per heavy atom. The Kier molecular flexibility index (Phi) is 6.25. The molecule has 0 saturated carbocycles. The summed E-state index contributed by atoms with van der Waals surface area (Å²) in [7, 11) is -4.01. The summed E-state index contributed by atoms with van der Waals surface area (Å²) in [6.45, 7) is 3.04. The minimum Gasteiger partial charge on any atom is -0.279 e. The van der Waals surface area contributed by atoms with E-state index in [9.17, 15) is 22.0 Å². The standard InChI is InChI=1S/C22H24F2N4O3S/c1-2-27-21(25-28(22(27)29)15-16-6-4-3-5-7-16)17-8-10-26(11-9-17)32(30,31)20-13-18(23)12-19(24)14-20/h3-7,12-14,17H,2,8-11,15H2,1H3.